The number of para-hydroxylation sites is 4. The van der Waals surface area contributed by atoms with Crippen LogP contribution in [-0.2, 0) is 0 Å². The molecule has 0 spiro atoms. The van der Waals surface area contributed by atoms with Crippen LogP contribution in [0.3, 0.4) is 0 Å². The molecule has 39 heavy (non-hydrogen) atoms. The molecule has 8 rings (SSSR count). The molecule has 1 unspecified atom stereocenters. The fourth-order valence-electron chi connectivity index (χ4n) is 5.89. The minimum atomic E-state index is -2.24. The summed E-state index contributed by atoms with van der Waals surface area (Å²) in [6.07, 6.45) is 2.07. The van der Waals surface area contributed by atoms with E-state index in [1.807, 2.05) is 6.07 Å². The third kappa shape index (κ3) is 3.33. The van der Waals surface area contributed by atoms with Gasteiger partial charge in [-0.3, -0.25) is 0 Å². The van der Waals surface area contributed by atoms with Gasteiger partial charge in [-0.25, -0.2) is 0 Å². The second-order valence-corrected chi connectivity index (χ2v) is 16.0. The van der Waals surface area contributed by atoms with Crippen LogP contribution in [0.1, 0.15) is 0 Å². The van der Waals surface area contributed by atoms with Crippen molar-refractivity contribution in [3.63, 3.8) is 0 Å². The number of nitrogens with zero attached hydrogens (tertiary/aromatic N) is 3. The number of hydrogen-bond donors (Lipinski definition) is 0. The third-order valence-corrected chi connectivity index (χ3v) is 14.6. The summed E-state index contributed by atoms with van der Waals surface area (Å²) in [5.41, 5.74) is 3.05. The van der Waals surface area contributed by atoms with Gasteiger partial charge in [-0.05, 0) is 0 Å². The van der Waals surface area contributed by atoms with Gasteiger partial charge in [0, 0.05) is 0 Å². The molecule has 0 bridgehead atoms. The van der Waals surface area contributed by atoms with Crippen molar-refractivity contribution in [3.8, 4) is 0 Å². The topological polar surface area (TPSA) is 30.2 Å². The fourth-order valence-corrected chi connectivity index (χ4v) is 11.1. The number of aromatic nitrogens is 3. The average Bonchev–Trinajstić information content (AvgIpc) is 3.41. The maximum atomic E-state index is 5.26. The second kappa shape index (κ2) is 8.73. The predicted molar refractivity (Wildman–Crippen MR) is 167 cm³/mol. The monoisotopic (exact) mass is 583 g/mol. The summed E-state index contributed by atoms with van der Waals surface area (Å²) in [7, 11) is 0. The minimum absolute atomic E-state index is 0.991. The zero-order valence-corrected chi connectivity index (χ0v) is 23.5. The van der Waals surface area contributed by atoms with E-state index in [2.05, 4.69) is 147 Å². The van der Waals surface area contributed by atoms with Crippen LogP contribution in [0.5, 0.6) is 0 Å². The van der Waals surface area contributed by atoms with Gasteiger partial charge in [0.05, 0.1) is 0 Å². The van der Waals surface area contributed by atoms with Gasteiger partial charge in [-0.2, -0.15) is 0 Å². The first-order chi connectivity index (χ1) is 19.2. The number of imidazole rings is 1. The number of rotatable bonds is 3. The first kappa shape index (κ1) is 22.9. The molecule has 5 heteroatoms. The first-order valence-corrected chi connectivity index (χ1v) is 17.0. The normalized spacial score (nSPS) is 13.4. The van der Waals surface area contributed by atoms with Gasteiger partial charge in [0.25, 0.3) is 0 Å². The number of hydrogen-bond acceptors (Lipinski definition) is 2. The zero-order valence-electron chi connectivity index (χ0n) is 20.9. The maximum absolute atomic E-state index is 5.26. The summed E-state index contributed by atoms with van der Waals surface area (Å²) in [5, 5.41) is 8.54. The summed E-state index contributed by atoms with van der Waals surface area (Å²) in [6, 6.07) is 45.4. The molecule has 184 valence electrons. The number of fused-ring (bicyclic) bond motifs is 9. The Morgan fingerprint density at radius 2 is 1.28 bits per heavy atom. The molecule has 0 amide bonds. The Morgan fingerprint density at radius 3 is 2.15 bits per heavy atom. The Hall–Kier alpha value is -4.07. The van der Waals surface area contributed by atoms with Gasteiger partial charge in [-0.1, -0.05) is 0 Å². The predicted octanol–water partition coefficient (Wildman–Crippen LogP) is 6.72. The van der Waals surface area contributed by atoms with E-state index in [0.29, 0.717) is 0 Å². The van der Waals surface area contributed by atoms with Crippen molar-refractivity contribution in [3.05, 3.63) is 134 Å². The molecular weight excluding hydrogens is 560 g/mol. The molecule has 3 nitrogen and oxygen atoms in total. The Bertz CT molecular complexity index is 2270. The van der Waals surface area contributed by atoms with Crippen LogP contribution < -0.4 is 15.9 Å². The third-order valence-electron chi connectivity index (χ3n) is 7.66. The van der Waals surface area contributed by atoms with E-state index in [1.165, 1.54) is 37.6 Å². The Balaban J connectivity index is 1.59. The molecular formula is C34H22N3PSe. The van der Waals surface area contributed by atoms with Crippen LogP contribution in [0.25, 0.3) is 49.3 Å². The van der Waals surface area contributed by atoms with Crippen molar-refractivity contribution in [2.75, 3.05) is 0 Å². The molecule has 3 aromatic heterocycles. The van der Waals surface area contributed by atoms with Crippen molar-refractivity contribution in [2.45, 2.75) is 0 Å². The molecule has 0 aliphatic heterocycles. The summed E-state index contributed by atoms with van der Waals surface area (Å²) in [4.78, 5) is 10.2. The molecule has 0 aliphatic carbocycles. The molecule has 0 aliphatic rings. The molecule has 0 N–H and O–H groups in total. The average molecular weight is 583 g/mol. The molecule has 0 radical (unpaired) electrons. The summed E-state index contributed by atoms with van der Waals surface area (Å²) in [5.74, 6) is 0. The van der Waals surface area contributed by atoms with E-state index in [9.17, 15) is 0 Å². The van der Waals surface area contributed by atoms with Gasteiger partial charge in [0.15, 0.2) is 0 Å². The standard InChI is InChI=1S/C34H22N3PSe/c39-38(24-12-2-1-3-13-24,25-21-23-11-4-6-16-28(23)35-22-25)32-20-10-15-27-26-14-5-8-18-30(26)37-31-19-9-7-17-29(31)36-34(37)33(27)32/h1-22H. The van der Waals surface area contributed by atoms with Crippen molar-refractivity contribution in [1.82, 2.24) is 14.4 Å². The molecule has 3 heterocycles. The molecule has 5 aromatic carbocycles. The molecule has 0 saturated heterocycles. The van der Waals surface area contributed by atoms with Gasteiger partial charge in [0.1, 0.15) is 0 Å². The SMILES string of the molecule is [Se]=P(c1ccccc1)(c1cnc2ccccc2c1)c1cccc2c3ccccc3n3c4ccccc4nc3c12. The van der Waals surface area contributed by atoms with Crippen LogP contribution in [0.15, 0.2) is 134 Å². The quantitative estimate of drug-likeness (QED) is 0.132. The van der Waals surface area contributed by atoms with Crippen LogP contribution >= 0.6 is 5.51 Å². The van der Waals surface area contributed by atoms with Crippen LogP contribution in [0.4, 0.5) is 0 Å². The fraction of sp³-hybridized carbons (Fsp3) is 0. The van der Waals surface area contributed by atoms with Crippen molar-refractivity contribution < 1.29 is 0 Å². The molecule has 0 fully saturated rings. The molecule has 8 aromatic rings. The summed E-state index contributed by atoms with van der Waals surface area (Å²) < 4.78 is 2.34. The van der Waals surface area contributed by atoms with Crippen LogP contribution in [0, 0.1) is 0 Å². The Morgan fingerprint density at radius 1 is 0.590 bits per heavy atom. The second-order valence-electron chi connectivity index (χ2n) is 9.81. The Kier molecular flexibility index (Phi) is 5.12. The number of benzene rings is 5. The number of pyridine rings is 2. The molecule has 0 saturated carbocycles. The van der Waals surface area contributed by atoms with E-state index in [-0.39, 0.29) is 0 Å². The van der Waals surface area contributed by atoms with Gasteiger partial charge in [-0.15, -0.1) is 0 Å². The van der Waals surface area contributed by atoms with E-state index in [4.69, 9.17) is 9.97 Å². The van der Waals surface area contributed by atoms with Crippen molar-refractivity contribution in [1.29, 1.82) is 0 Å². The van der Waals surface area contributed by atoms with Crippen LogP contribution in [-0.4, -0.2) is 29.5 Å². The van der Waals surface area contributed by atoms with Gasteiger partial charge < -0.3 is 0 Å². The van der Waals surface area contributed by atoms with E-state index < -0.39 is 5.51 Å². The van der Waals surface area contributed by atoms with E-state index in [0.717, 1.165) is 27.6 Å². The van der Waals surface area contributed by atoms with E-state index >= 15 is 0 Å². The van der Waals surface area contributed by atoms with Crippen molar-refractivity contribution >= 4 is 85.8 Å². The van der Waals surface area contributed by atoms with E-state index in [1.54, 1.807) is 0 Å². The molecule has 1 atom stereocenters. The zero-order chi connectivity index (χ0) is 26.0. The summed E-state index contributed by atoms with van der Waals surface area (Å²) in [6.45, 7) is 0. The Labute approximate surface area is 233 Å². The van der Waals surface area contributed by atoms with Gasteiger partial charge >= 0.3 is 234 Å². The summed E-state index contributed by atoms with van der Waals surface area (Å²) >= 11 is 3.78. The van der Waals surface area contributed by atoms with Gasteiger partial charge in [0.2, 0.25) is 0 Å². The van der Waals surface area contributed by atoms with Crippen molar-refractivity contribution in [2.24, 2.45) is 0 Å². The van der Waals surface area contributed by atoms with Crippen LogP contribution in [0.2, 0.25) is 0 Å². The first-order valence-electron chi connectivity index (χ1n) is 13.0.